The average molecular weight is 810 g/mol. The maximum absolute atomic E-state index is 12.4. The standard InChI is InChI=1S/C51H103NO5/c1-3-5-7-9-11-13-14-15-16-17-18-19-20-21-22-23-24-25-26-27-28-29-30-31-32-33-34-35-37-38-40-42-44-48(54)50(56)47(46-53)52-51(57)49(55)45-43-41-39-36-12-10-8-6-4-2/h47-50,53-56H,3-46H2,1-2H3,(H,52,57). The van der Waals surface area contributed by atoms with Crippen molar-refractivity contribution in [2.45, 2.75) is 314 Å². The normalized spacial score (nSPS) is 13.9. The van der Waals surface area contributed by atoms with E-state index < -0.39 is 36.9 Å². The first kappa shape index (κ1) is 56.3. The van der Waals surface area contributed by atoms with Gasteiger partial charge in [-0.2, -0.15) is 0 Å². The van der Waals surface area contributed by atoms with E-state index >= 15 is 0 Å². The van der Waals surface area contributed by atoms with Crippen molar-refractivity contribution in [2.75, 3.05) is 6.61 Å². The minimum atomic E-state index is -1.25. The van der Waals surface area contributed by atoms with Gasteiger partial charge in [0.1, 0.15) is 12.2 Å². The van der Waals surface area contributed by atoms with Gasteiger partial charge in [0, 0.05) is 0 Å². The third-order valence-corrected chi connectivity index (χ3v) is 12.6. The van der Waals surface area contributed by atoms with E-state index in [1.807, 2.05) is 0 Å². The van der Waals surface area contributed by atoms with Crippen LogP contribution in [0.1, 0.15) is 290 Å². The maximum Gasteiger partial charge on any atom is 0.249 e. The smallest absolute Gasteiger partial charge is 0.249 e. The highest BCUT2D eigenvalue weighted by atomic mass is 16.3. The van der Waals surface area contributed by atoms with Crippen LogP contribution in [0.2, 0.25) is 0 Å². The van der Waals surface area contributed by atoms with Crippen LogP contribution in [0.15, 0.2) is 0 Å². The number of nitrogens with one attached hydrogen (secondary N) is 1. The van der Waals surface area contributed by atoms with Crippen LogP contribution in [0.4, 0.5) is 0 Å². The van der Waals surface area contributed by atoms with Crippen LogP contribution in [-0.2, 0) is 4.79 Å². The van der Waals surface area contributed by atoms with Gasteiger partial charge in [0.2, 0.25) is 5.91 Å². The van der Waals surface area contributed by atoms with Crippen LogP contribution in [-0.4, -0.2) is 57.3 Å². The molecule has 0 rings (SSSR count). The van der Waals surface area contributed by atoms with E-state index in [1.165, 1.54) is 225 Å². The highest BCUT2D eigenvalue weighted by Crippen LogP contribution is 2.18. The lowest BCUT2D eigenvalue weighted by Crippen LogP contribution is -2.53. The number of aliphatic hydroxyl groups excluding tert-OH is 4. The van der Waals surface area contributed by atoms with Crippen molar-refractivity contribution in [1.29, 1.82) is 0 Å². The Bertz CT molecular complexity index is 781. The monoisotopic (exact) mass is 810 g/mol. The summed E-state index contributed by atoms with van der Waals surface area (Å²) in [5.74, 6) is -0.582. The third kappa shape index (κ3) is 40.5. The van der Waals surface area contributed by atoms with E-state index in [2.05, 4.69) is 19.2 Å². The van der Waals surface area contributed by atoms with Crippen molar-refractivity contribution in [3.05, 3.63) is 0 Å². The molecule has 0 aliphatic carbocycles. The summed E-state index contributed by atoms with van der Waals surface area (Å²) in [5, 5.41) is 43.6. The SMILES string of the molecule is CCCCCCCCCCCCCCCCCCCCCCCCCCCCCCCCCCC(O)C(O)C(CO)NC(=O)C(O)CCCCCCCCCCC. The maximum atomic E-state index is 12.4. The Labute approximate surface area is 356 Å². The van der Waals surface area contributed by atoms with Gasteiger partial charge < -0.3 is 25.7 Å². The first-order valence-electron chi connectivity index (χ1n) is 25.9. The Morgan fingerprint density at radius 1 is 0.368 bits per heavy atom. The number of carbonyl (C=O) groups excluding carboxylic acids is 1. The summed E-state index contributed by atoms with van der Waals surface area (Å²) < 4.78 is 0. The number of rotatable bonds is 48. The van der Waals surface area contributed by atoms with Gasteiger partial charge in [0.05, 0.1) is 18.8 Å². The summed E-state index contributed by atoms with van der Waals surface area (Å²) in [5.41, 5.74) is 0. The lowest BCUT2D eigenvalue weighted by atomic mass is 9.99. The molecule has 0 saturated heterocycles. The predicted octanol–water partition coefficient (Wildman–Crippen LogP) is 14.4. The summed E-state index contributed by atoms with van der Waals surface area (Å²) in [4.78, 5) is 12.4. The Kier molecular flexibility index (Phi) is 45.8. The molecule has 6 heteroatoms. The second-order valence-corrected chi connectivity index (χ2v) is 18.2. The molecule has 0 radical (unpaired) electrons. The molecule has 6 nitrogen and oxygen atoms in total. The zero-order valence-electron chi connectivity index (χ0n) is 38.6. The molecule has 0 aromatic heterocycles. The van der Waals surface area contributed by atoms with Crippen molar-refractivity contribution in [2.24, 2.45) is 0 Å². The molecule has 342 valence electrons. The molecule has 0 saturated carbocycles. The molecule has 0 heterocycles. The fourth-order valence-corrected chi connectivity index (χ4v) is 8.47. The van der Waals surface area contributed by atoms with E-state index in [0.717, 1.165) is 38.5 Å². The first-order chi connectivity index (χ1) is 28.0. The van der Waals surface area contributed by atoms with Crippen LogP contribution in [0.5, 0.6) is 0 Å². The quantitative estimate of drug-likeness (QED) is 0.0393. The van der Waals surface area contributed by atoms with Crippen LogP contribution in [0.3, 0.4) is 0 Å². The van der Waals surface area contributed by atoms with Gasteiger partial charge in [-0.15, -0.1) is 0 Å². The molecular formula is C51H103NO5. The molecule has 57 heavy (non-hydrogen) atoms. The van der Waals surface area contributed by atoms with E-state index in [-0.39, 0.29) is 0 Å². The number of hydrogen-bond acceptors (Lipinski definition) is 5. The third-order valence-electron chi connectivity index (χ3n) is 12.6. The van der Waals surface area contributed by atoms with Gasteiger partial charge in [0.25, 0.3) is 0 Å². The Morgan fingerprint density at radius 3 is 0.842 bits per heavy atom. The molecule has 0 aliphatic rings. The van der Waals surface area contributed by atoms with Gasteiger partial charge >= 0.3 is 0 Å². The van der Waals surface area contributed by atoms with Gasteiger partial charge in [-0.3, -0.25) is 4.79 Å². The van der Waals surface area contributed by atoms with E-state index in [4.69, 9.17) is 0 Å². The van der Waals surface area contributed by atoms with Crippen molar-refractivity contribution in [1.82, 2.24) is 5.32 Å². The highest BCUT2D eigenvalue weighted by Gasteiger charge is 2.28. The van der Waals surface area contributed by atoms with Gasteiger partial charge in [0.15, 0.2) is 0 Å². The second kappa shape index (κ2) is 46.4. The van der Waals surface area contributed by atoms with Crippen LogP contribution >= 0.6 is 0 Å². The summed E-state index contributed by atoms with van der Waals surface area (Å²) in [7, 11) is 0. The molecule has 0 aromatic carbocycles. The topological polar surface area (TPSA) is 110 Å². The molecule has 4 unspecified atom stereocenters. The zero-order chi connectivity index (χ0) is 41.7. The fourth-order valence-electron chi connectivity index (χ4n) is 8.47. The second-order valence-electron chi connectivity index (χ2n) is 18.2. The van der Waals surface area contributed by atoms with E-state index in [0.29, 0.717) is 12.8 Å². The average Bonchev–Trinajstić information content (AvgIpc) is 3.22. The Hall–Kier alpha value is -0.690. The summed E-state index contributed by atoms with van der Waals surface area (Å²) in [6.45, 7) is 4.04. The minimum Gasteiger partial charge on any atom is -0.394 e. The Balaban J connectivity index is 3.48. The fraction of sp³-hybridized carbons (Fsp3) is 0.980. The van der Waals surface area contributed by atoms with Crippen LogP contribution in [0, 0.1) is 0 Å². The molecule has 0 spiro atoms. The first-order valence-corrected chi connectivity index (χ1v) is 25.9. The number of hydrogen-bond donors (Lipinski definition) is 5. The van der Waals surface area contributed by atoms with Gasteiger partial charge in [-0.25, -0.2) is 0 Å². The molecular weight excluding hydrogens is 707 g/mol. The summed E-state index contributed by atoms with van der Waals surface area (Å²) in [6.07, 6.45) is 51.9. The van der Waals surface area contributed by atoms with Crippen LogP contribution in [0.25, 0.3) is 0 Å². The summed E-state index contributed by atoms with van der Waals surface area (Å²) >= 11 is 0. The number of unbranched alkanes of at least 4 members (excludes halogenated alkanes) is 39. The predicted molar refractivity (Wildman–Crippen MR) is 247 cm³/mol. The lowest BCUT2D eigenvalue weighted by molar-refractivity contribution is -0.132. The van der Waals surface area contributed by atoms with Crippen molar-refractivity contribution < 1.29 is 25.2 Å². The molecule has 4 atom stereocenters. The lowest BCUT2D eigenvalue weighted by Gasteiger charge is -2.27. The largest absolute Gasteiger partial charge is 0.394 e. The Morgan fingerprint density at radius 2 is 0.596 bits per heavy atom. The van der Waals surface area contributed by atoms with Gasteiger partial charge in [-0.05, 0) is 12.8 Å². The van der Waals surface area contributed by atoms with Crippen LogP contribution < -0.4 is 5.32 Å². The van der Waals surface area contributed by atoms with Gasteiger partial charge in [-0.1, -0.05) is 277 Å². The van der Waals surface area contributed by atoms with E-state index in [9.17, 15) is 25.2 Å². The molecule has 0 fully saturated rings. The minimum absolute atomic E-state index is 0.373. The zero-order valence-corrected chi connectivity index (χ0v) is 38.6. The van der Waals surface area contributed by atoms with Crippen molar-refractivity contribution in [3.63, 3.8) is 0 Å². The van der Waals surface area contributed by atoms with E-state index in [1.54, 1.807) is 0 Å². The van der Waals surface area contributed by atoms with Crippen molar-refractivity contribution >= 4 is 5.91 Å². The summed E-state index contributed by atoms with van der Waals surface area (Å²) in [6, 6.07) is -0.978. The number of amides is 1. The molecule has 0 aromatic rings. The molecule has 0 aliphatic heterocycles. The number of carbonyl (C=O) groups is 1. The molecule has 0 bridgehead atoms. The number of aliphatic hydroxyl groups is 4. The van der Waals surface area contributed by atoms with Crippen molar-refractivity contribution in [3.8, 4) is 0 Å². The highest BCUT2D eigenvalue weighted by molar-refractivity contribution is 5.80. The molecule has 1 amide bonds. The molecule has 5 N–H and O–H groups in total.